The summed E-state index contributed by atoms with van der Waals surface area (Å²) in [6.07, 6.45) is 9.45. The Morgan fingerprint density at radius 3 is 2.65 bits per heavy atom. The molecule has 0 bridgehead atoms. The zero-order valence-electron chi connectivity index (χ0n) is 13.4. The van der Waals surface area contributed by atoms with Crippen LogP contribution in [0.1, 0.15) is 36.5 Å². The molecule has 0 atom stereocenters. The molecule has 1 N–H and O–H groups in total. The molecular formula is C17H22N4O2. The summed E-state index contributed by atoms with van der Waals surface area (Å²) in [7, 11) is 0. The molecule has 6 heteroatoms. The van der Waals surface area contributed by atoms with Gasteiger partial charge in [-0.15, -0.1) is 0 Å². The van der Waals surface area contributed by atoms with Gasteiger partial charge in [0.15, 0.2) is 0 Å². The van der Waals surface area contributed by atoms with Crippen molar-refractivity contribution >= 4 is 5.91 Å². The molecule has 3 heterocycles. The van der Waals surface area contributed by atoms with Crippen LogP contribution in [0.5, 0.6) is 0 Å². The fourth-order valence-corrected chi connectivity index (χ4v) is 3.05. The van der Waals surface area contributed by atoms with Crippen LogP contribution in [0.15, 0.2) is 37.1 Å². The monoisotopic (exact) mass is 314 g/mol. The van der Waals surface area contributed by atoms with Gasteiger partial charge >= 0.3 is 0 Å². The van der Waals surface area contributed by atoms with Gasteiger partial charge in [0.2, 0.25) is 0 Å². The van der Waals surface area contributed by atoms with Crippen molar-refractivity contribution in [1.82, 2.24) is 19.4 Å². The first-order chi connectivity index (χ1) is 11.2. The standard InChI is InChI=1S/C17H22N4O2/c1-2-17(12-22)5-8-20(9-6-17)16(23)14-3-4-15(19-11-14)21-10-7-18-13-21/h3-4,7,10-11,13,22H,2,5-6,8-9,12H2,1H3. The Labute approximate surface area is 135 Å². The molecule has 2 aromatic heterocycles. The van der Waals surface area contributed by atoms with Crippen LogP contribution in [0.25, 0.3) is 5.82 Å². The second-order valence-corrected chi connectivity index (χ2v) is 6.18. The molecule has 122 valence electrons. The van der Waals surface area contributed by atoms with Gasteiger partial charge in [0.25, 0.3) is 5.91 Å². The molecule has 1 aliphatic heterocycles. The minimum absolute atomic E-state index is 0.0114. The summed E-state index contributed by atoms with van der Waals surface area (Å²) in [5.74, 6) is 0.750. The summed E-state index contributed by atoms with van der Waals surface area (Å²) >= 11 is 0. The molecule has 6 nitrogen and oxygen atoms in total. The van der Waals surface area contributed by atoms with Crippen LogP contribution >= 0.6 is 0 Å². The Kier molecular flexibility index (Phi) is 4.43. The van der Waals surface area contributed by atoms with Crippen molar-refractivity contribution in [3.05, 3.63) is 42.6 Å². The summed E-state index contributed by atoms with van der Waals surface area (Å²) < 4.78 is 1.80. The Morgan fingerprint density at radius 2 is 2.13 bits per heavy atom. The van der Waals surface area contributed by atoms with Gasteiger partial charge in [-0.2, -0.15) is 0 Å². The predicted octanol–water partition coefficient (Wildman–Crippen LogP) is 1.89. The third-order valence-electron chi connectivity index (χ3n) is 4.96. The van der Waals surface area contributed by atoms with Gasteiger partial charge < -0.3 is 10.0 Å². The number of imidazole rings is 1. The van der Waals surface area contributed by atoms with Crippen LogP contribution in [0.3, 0.4) is 0 Å². The summed E-state index contributed by atoms with van der Waals surface area (Å²) in [6.45, 7) is 3.69. The maximum Gasteiger partial charge on any atom is 0.255 e. The number of pyridine rings is 1. The van der Waals surface area contributed by atoms with Gasteiger partial charge in [-0.05, 0) is 36.8 Å². The number of carbonyl (C=O) groups excluding carboxylic acids is 1. The van der Waals surface area contributed by atoms with E-state index in [0.29, 0.717) is 18.7 Å². The molecule has 1 saturated heterocycles. The number of rotatable bonds is 4. The van der Waals surface area contributed by atoms with E-state index in [0.717, 1.165) is 25.1 Å². The normalized spacial score (nSPS) is 17.2. The molecule has 0 spiro atoms. The largest absolute Gasteiger partial charge is 0.396 e. The van der Waals surface area contributed by atoms with E-state index in [2.05, 4.69) is 16.9 Å². The number of amides is 1. The molecule has 0 radical (unpaired) electrons. The molecule has 23 heavy (non-hydrogen) atoms. The average molecular weight is 314 g/mol. The summed E-state index contributed by atoms with van der Waals surface area (Å²) in [4.78, 5) is 22.8. The van der Waals surface area contributed by atoms with E-state index in [1.807, 2.05) is 17.2 Å². The molecule has 0 aromatic carbocycles. The molecule has 0 aliphatic carbocycles. The zero-order chi connectivity index (χ0) is 16.3. The molecule has 0 unspecified atom stereocenters. The minimum atomic E-state index is -0.0136. The van der Waals surface area contributed by atoms with Crippen LogP contribution in [-0.2, 0) is 0 Å². The topological polar surface area (TPSA) is 71.2 Å². The second kappa shape index (κ2) is 6.50. The first kappa shape index (κ1) is 15.7. The number of aliphatic hydroxyl groups excluding tert-OH is 1. The SMILES string of the molecule is CCC1(CO)CCN(C(=O)c2ccc(-n3ccnc3)nc2)CC1. The van der Waals surface area contributed by atoms with Crippen molar-refractivity contribution in [2.24, 2.45) is 5.41 Å². The number of nitrogens with zero attached hydrogens (tertiary/aromatic N) is 4. The lowest BCUT2D eigenvalue weighted by Gasteiger charge is -2.40. The number of carbonyl (C=O) groups is 1. The lowest BCUT2D eigenvalue weighted by Crippen LogP contribution is -2.44. The Morgan fingerprint density at radius 1 is 1.35 bits per heavy atom. The summed E-state index contributed by atoms with van der Waals surface area (Å²) in [6, 6.07) is 3.63. The van der Waals surface area contributed by atoms with E-state index >= 15 is 0 Å². The first-order valence-electron chi connectivity index (χ1n) is 8.02. The summed E-state index contributed by atoms with van der Waals surface area (Å²) in [5.41, 5.74) is 0.585. The molecule has 3 rings (SSSR count). The van der Waals surface area contributed by atoms with E-state index in [1.54, 1.807) is 29.4 Å². The minimum Gasteiger partial charge on any atom is -0.396 e. The van der Waals surface area contributed by atoms with Crippen molar-refractivity contribution in [3.8, 4) is 5.82 Å². The van der Waals surface area contributed by atoms with Crippen molar-refractivity contribution in [3.63, 3.8) is 0 Å². The Balaban J connectivity index is 1.67. The lowest BCUT2D eigenvalue weighted by atomic mass is 9.77. The van der Waals surface area contributed by atoms with E-state index in [4.69, 9.17) is 0 Å². The molecular weight excluding hydrogens is 292 g/mol. The van der Waals surface area contributed by atoms with E-state index in [1.165, 1.54) is 0 Å². The van der Waals surface area contributed by atoms with Crippen molar-refractivity contribution in [2.45, 2.75) is 26.2 Å². The first-order valence-corrected chi connectivity index (χ1v) is 8.02. The maximum atomic E-state index is 12.6. The number of aromatic nitrogens is 3. The number of likely N-dealkylation sites (tertiary alicyclic amines) is 1. The highest BCUT2D eigenvalue weighted by molar-refractivity contribution is 5.94. The van der Waals surface area contributed by atoms with Crippen LogP contribution in [0, 0.1) is 5.41 Å². The predicted molar refractivity (Wildman–Crippen MR) is 86.3 cm³/mol. The number of hydrogen-bond donors (Lipinski definition) is 1. The lowest BCUT2D eigenvalue weighted by molar-refractivity contribution is 0.0338. The van der Waals surface area contributed by atoms with Crippen molar-refractivity contribution < 1.29 is 9.90 Å². The second-order valence-electron chi connectivity index (χ2n) is 6.18. The van der Waals surface area contributed by atoms with Gasteiger partial charge in [-0.1, -0.05) is 6.92 Å². The van der Waals surface area contributed by atoms with Crippen LogP contribution in [0.4, 0.5) is 0 Å². The molecule has 2 aromatic rings. The van der Waals surface area contributed by atoms with Crippen molar-refractivity contribution in [1.29, 1.82) is 0 Å². The fraction of sp³-hybridized carbons (Fsp3) is 0.471. The van der Waals surface area contributed by atoms with Crippen LogP contribution < -0.4 is 0 Å². The van der Waals surface area contributed by atoms with Crippen LogP contribution in [0.2, 0.25) is 0 Å². The van der Waals surface area contributed by atoms with Crippen LogP contribution in [-0.4, -0.2) is 50.1 Å². The van der Waals surface area contributed by atoms with Gasteiger partial charge in [-0.25, -0.2) is 9.97 Å². The highest BCUT2D eigenvalue weighted by Gasteiger charge is 2.34. The van der Waals surface area contributed by atoms with E-state index in [9.17, 15) is 9.90 Å². The highest BCUT2D eigenvalue weighted by Crippen LogP contribution is 2.34. The quantitative estimate of drug-likeness (QED) is 0.935. The number of hydrogen-bond acceptors (Lipinski definition) is 4. The van der Waals surface area contributed by atoms with Gasteiger partial charge in [0.1, 0.15) is 12.1 Å². The Bertz CT molecular complexity index is 638. The molecule has 0 saturated carbocycles. The molecule has 1 aliphatic rings. The maximum absolute atomic E-state index is 12.6. The zero-order valence-corrected chi connectivity index (χ0v) is 13.4. The van der Waals surface area contributed by atoms with Gasteiger partial charge in [0, 0.05) is 38.3 Å². The number of aliphatic hydroxyl groups is 1. The highest BCUT2D eigenvalue weighted by atomic mass is 16.3. The third-order valence-corrected chi connectivity index (χ3v) is 4.96. The number of piperidine rings is 1. The van der Waals surface area contributed by atoms with Gasteiger partial charge in [0.05, 0.1) is 5.56 Å². The van der Waals surface area contributed by atoms with E-state index < -0.39 is 0 Å². The van der Waals surface area contributed by atoms with E-state index in [-0.39, 0.29) is 17.9 Å². The molecule has 1 amide bonds. The van der Waals surface area contributed by atoms with Crippen molar-refractivity contribution in [2.75, 3.05) is 19.7 Å². The third kappa shape index (κ3) is 3.12. The average Bonchev–Trinajstić information content (AvgIpc) is 3.16. The Hall–Kier alpha value is -2.21. The van der Waals surface area contributed by atoms with Gasteiger partial charge in [-0.3, -0.25) is 9.36 Å². The smallest absolute Gasteiger partial charge is 0.255 e. The fourth-order valence-electron chi connectivity index (χ4n) is 3.05. The molecule has 1 fully saturated rings. The summed E-state index contributed by atoms with van der Waals surface area (Å²) in [5, 5.41) is 9.58.